The van der Waals surface area contributed by atoms with E-state index in [4.69, 9.17) is 0 Å². The smallest absolute Gasteiger partial charge is 0.252 e. The van der Waals surface area contributed by atoms with Gasteiger partial charge in [0, 0.05) is 32.7 Å². The molecule has 3 rings (SSSR count). The zero-order valence-electron chi connectivity index (χ0n) is 12.0. The fourth-order valence-corrected chi connectivity index (χ4v) is 5.11. The summed E-state index contributed by atoms with van der Waals surface area (Å²) in [6, 6.07) is 12.7. The molecule has 1 aromatic carbocycles. The molecule has 1 aliphatic rings. The van der Waals surface area contributed by atoms with E-state index in [1.165, 1.54) is 22.0 Å². The average Bonchev–Trinajstić information content (AvgIpc) is 2.96. The Kier molecular flexibility index (Phi) is 4.58. The average molecular weight is 340 g/mol. The maximum atomic E-state index is 13.1. The molecular weight excluding hydrogens is 323 g/mol. The molecule has 0 bridgehead atoms. The Bertz CT molecular complexity index is 723. The Balaban J connectivity index is 1.62. The third kappa shape index (κ3) is 3.38. The second kappa shape index (κ2) is 6.45. The summed E-state index contributed by atoms with van der Waals surface area (Å²) < 4.78 is 39.4. The summed E-state index contributed by atoms with van der Waals surface area (Å²) in [6.07, 6.45) is 0. The van der Waals surface area contributed by atoms with Gasteiger partial charge in [0.25, 0.3) is 10.0 Å². The van der Waals surface area contributed by atoms with Crippen LogP contribution in [0.2, 0.25) is 0 Å². The van der Waals surface area contributed by atoms with E-state index in [2.05, 4.69) is 17.0 Å². The predicted molar refractivity (Wildman–Crippen MR) is 84.8 cm³/mol. The van der Waals surface area contributed by atoms with Gasteiger partial charge in [-0.3, -0.25) is 4.90 Å². The van der Waals surface area contributed by atoms with Crippen molar-refractivity contribution < 1.29 is 12.8 Å². The van der Waals surface area contributed by atoms with Gasteiger partial charge in [-0.15, -0.1) is 0 Å². The van der Waals surface area contributed by atoms with Crippen LogP contribution in [0.15, 0.2) is 46.7 Å². The Morgan fingerprint density at radius 2 is 1.68 bits per heavy atom. The summed E-state index contributed by atoms with van der Waals surface area (Å²) in [5, 5.41) is -0.471. The number of hydrogen-bond acceptors (Lipinski definition) is 4. The molecule has 1 saturated heterocycles. The third-order valence-corrected chi connectivity index (χ3v) is 6.96. The van der Waals surface area contributed by atoms with Crippen molar-refractivity contribution in [1.29, 1.82) is 0 Å². The van der Waals surface area contributed by atoms with E-state index in [0.29, 0.717) is 37.5 Å². The highest BCUT2D eigenvalue weighted by atomic mass is 32.2. The summed E-state index contributed by atoms with van der Waals surface area (Å²) >= 11 is 0.682. The Morgan fingerprint density at radius 3 is 2.27 bits per heavy atom. The van der Waals surface area contributed by atoms with Crippen LogP contribution in [-0.2, 0) is 16.6 Å². The van der Waals surface area contributed by atoms with Crippen LogP contribution in [0.1, 0.15) is 5.56 Å². The van der Waals surface area contributed by atoms with Crippen LogP contribution < -0.4 is 0 Å². The monoisotopic (exact) mass is 340 g/mol. The molecule has 2 aromatic rings. The van der Waals surface area contributed by atoms with Gasteiger partial charge in [-0.2, -0.15) is 8.70 Å². The fraction of sp³-hybridized carbons (Fsp3) is 0.333. The molecule has 1 aromatic heterocycles. The molecule has 0 saturated carbocycles. The highest BCUT2D eigenvalue weighted by Gasteiger charge is 2.29. The SMILES string of the molecule is O=S(=O)(c1ccc(F)s1)N1CCN(Cc2ccccc2)CC1. The molecule has 22 heavy (non-hydrogen) atoms. The number of sulfonamides is 1. The number of benzene rings is 1. The van der Waals surface area contributed by atoms with Crippen molar-refractivity contribution >= 4 is 21.4 Å². The normalized spacial score (nSPS) is 17.7. The van der Waals surface area contributed by atoms with Gasteiger partial charge in [0.05, 0.1) is 0 Å². The van der Waals surface area contributed by atoms with E-state index in [0.717, 1.165) is 6.54 Å². The van der Waals surface area contributed by atoms with E-state index in [1.807, 2.05) is 18.2 Å². The molecule has 0 spiro atoms. The van der Waals surface area contributed by atoms with Gasteiger partial charge in [0.2, 0.25) is 0 Å². The summed E-state index contributed by atoms with van der Waals surface area (Å²) in [4.78, 5) is 2.23. The van der Waals surface area contributed by atoms with Crippen molar-refractivity contribution in [3.63, 3.8) is 0 Å². The van der Waals surface area contributed by atoms with Crippen molar-refractivity contribution in [3.8, 4) is 0 Å². The van der Waals surface area contributed by atoms with Crippen LogP contribution in [0.5, 0.6) is 0 Å². The van der Waals surface area contributed by atoms with Crippen LogP contribution in [-0.4, -0.2) is 43.8 Å². The largest absolute Gasteiger partial charge is 0.296 e. The summed E-state index contributed by atoms with van der Waals surface area (Å²) in [7, 11) is -3.55. The highest BCUT2D eigenvalue weighted by molar-refractivity contribution is 7.91. The third-order valence-electron chi connectivity index (χ3n) is 3.72. The zero-order chi connectivity index (χ0) is 15.6. The van der Waals surface area contributed by atoms with Crippen molar-refractivity contribution in [2.75, 3.05) is 26.2 Å². The first-order chi connectivity index (χ1) is 10.6. The lowest BCUT2D eigenvalue weighted by Crippen LogP contribution is -2.48. The second-order valence-corrected chi connectivity index (χ2v) is 8.42. The number of hydrogen-bond donors (Lipinski definition) is 0. The summed E-state index contributed by atoms with van der Waals surface area (Å²) in [5.41, 5.74) is 1.22. The molecule has 0 amide bonds. The van der Waals surface area contributed by atoms with Crippen molar-refractivity contribution in [2.45, 2.75) is 10.8 Å². The maximum Gasteiger partial charge on any atom is 0.252 e. The zero-order valence-corrected chi connectivity index (χ0v) is 13.6. The minimum Gasteiger partial charge on any atom is -0.296 e. The van der Waals surface area contributed by atoms with Crippen LogP contribution in [0.4, 0.5) is 4.39 Å². The lowest BCUT2D eigenvalue weighted by Gasteiger charge is -2.33. The Labute approximate surface area is 133 Å². The van der Waals surface area contributed by atoms with Gasteiger partial charge in [0.1, 0.15) is 4.21 Å². The molecule has 1 aliphatic heterocycles. The van der Waals surface area contributed by atoms with Gasteiger partial charge in [-0.25, -0.2) is 8.42 Å². The maximum absolute atomic E-state index is 13.1. The molecule has 0 N–H and O–H groups in total. The highest BCUT2D eigenvalue weighted by Crippen LogP contribution is 2.24. The molecule has 0 unspecified atom stereocenters. The number of piperazine rings is 1. The van der Waals surface area contributed by atoms with E-state index < -0.39 is 15.2 Å². The molecule has 2 heterocycles. The summed E-state index contributed by atoms with van der Waals surface area (Å²) in [5.74, 6) is 0. The van der Waals surface area contributed by atoms with Gasteiger partial charge < -0.3 is 0 Å². The molecule has 118 valence electrons. The Hall–Kier alpha value is -1.28. The fourth-order valence-electron chi connectivity index (χ4n) is 2.53. The number of nitrogens with zero attached hydrogens (tertiary/aromatic N) is 2. The summed E-state index contributed by atoms with van der Waals surface area (Å²) in [6.45, 7) is 3.07. The molecule has 0 aliphatic carbocycles. The Morgan fingerprint density at radius 1 is 1.00 bits per heavy atom. The number of halogens is 1. The van der Waals surface area contributed by atoms with Crippen molar-refractivity contribution in [1.82, 2.24) is 9.21 Å². The van der Waals surface area contributed by atoms with Crippen LogP contribution in [0.3, 0.4) is 0 Å². The van der Waals surface area contributed by atoms with Gasteiger partial charge in [-0.1, -0.05) is 41.7 Å². The predicted octanol–water partition coefficient (Wildman–Crippen LogP) is 2.39. The van der Waals surface area contributed by atoms with E-state index in [-0.39, 0.29) is 4.21 Å². The second-order valence-electron chi connectivity index (χ2n) is 5.22. The molecule has 0 atom stereocenters. The molecular formula is C15H17FN2O2S2. The lowest BCUT2D eigenvalue weighted by atomic mass is 10.2. The molecule has 4 nitrogen and oxygen atoms in total. The van der Waals surface area contributed by atoms with Crippen LogP contribution in [0, 0.1) is 5.13 Å². The van der Waals surface area contributed by atoms with E-state index >= 15 is 0 Å². The van der Waals surface area contributed by atoms with E-state index in [1.54, 1.807) is 0 Å². The molecule has 1 fully saturated rings. The minimum atomic E-state index is -3.55. The number of thiophene rings is 1. The van der Waals surface area contributed by atoms with Crippen LogP contribution in [0.25, 0.3) is 0 Å². The first-order valence-electron chi connectivity index (χ1n) is 7.07. The quantitative estimate of drug-likeness (QED) is 0.858. The minimum absolute atomic E-state index is 0.0847. The first-order valence-corrected chi connectivity index (χ1v) is 9.33. The van der Waals surface area contributed by atoms with Gasteiger partial charge >= 0.3 is 0 Å². The first kappa shape index (κ1) is 15.6. The van der Waals surface area contributed by atoms with E-state index in [9.17, 15) is 12.8 Å². The molecule has 0 radical (unpaired) electrons. The van der Waals surface area contributed by atoms with Crippen molar-refractivity contribution in [2.24, 2.45) is 0 Å². The van der Waals surface area contributed by atoms with Gasteiger partial charge in [-0.05, 0) is 17.7 Å². The van der Waals surface area contributed by atoms with Crippen LogP contribution >= 0.6 is 11.3 Å². The topological polar surface area (TPSA) is 40.6 Å². The van der Waals surface area contributed by atoms with Gasteiger partial charge in [0.15, 0.2) is 5.13 Å². The number of rotatable bonds is 4. The lowest BCUT2D eigenvalue weighted by molar-refractivity contribution is 0.182. The standard InChI is InChI=1S/C15H17FN2O2S2/c16-14-6-7-15(21-14)22(19,20)18-10-8-17(9-11-18)12-13-4-2-1-3-5-13/h1-7H,8-12H2. The van der Waals surface area contributed by atoms with Crippen molar-refractivity contribution in [3.05, 3.63) is 53.2 Å². The molecule has 7 heteroatoms.